The first-order chi connectivity index (χ1) is 15.8. The number of benzene rings is 2. The molecule has 8 heteroatoms. The van der Waals surface area contributed by atoms with Crippen molar-refractivity contribution in [2.24, 2.45) is 11.7 Å². The standard InChI is InChI=1S/C25H32N4O4/c1-15(2)22(24(31)28-16(3)23(30)27-13-12-26)29-25(32)33-14-21-19-10-6-4-8-17(19)18-9-5-7-11-20(18)21/h4-11,15-16,21-22H,12-14,26H2,1-3H3,(H,27,30)(H,28,31)(H,29,32)/t16-,22?/m0/s1. The third-order valence-electron chi connectivity index (χ3n) is 5.76. The highest BCUT2D eigenvalue weighted by molar-refractivity contribution is 5.91. The molecule has 3 amide bonds. The van der Waals surface area contributed by atoms with Crippen LogP contribution in [0.1, 0.15) is 37.8 Å². The molecule has 1 aliphatic rings. The number of rotatable bonds is 9. The van der Waals surface area contributed by atoms with Crippen molar-refractivity contribution in [2.75, 3.05) is 19.7 Å². The summed E-state index contributed by atoms with van der Waals surface area (Å²) in [5.41, 5.74) is 9.89. The van der Waals surface area contributed by atoms with Crippen LogP contribution in [-0.2, 0) is 14.3 Å². The number of fused-ring (bicyclic) bond motifs is 3. The molecule has 0 aromatic heterocycles. The van der Waals surface area contributed by atoms with E-state index >= 15 is 0 Å². The summed E-state index contributed by atoms with van der Waals surface area (Å²) >= 11 is 0. The number of carbonyl (C=O) groups is 3. The SMILES string of the molecule is CC(C)C(NC(=O)OCC1c2ccccc2-c2ccccc21)C(=O)N[C@@H](C)C(=O)NCCN. The van der Waals surface area contributed by atoms with E-state index in [0.717, 1.165) is 22.3 Å². The average molecular weight is 453 g/mol. The Balaban J connectivity index is 1.61. The Kier molecular flexibility index (Phi) is 8.06. The van der Waals surface area contributed by atoms with Crippen LogP contribution in [-0.4, -0.2) is 49.7 Å². The fourth-order valence-corrected chi connectivity index (χ4v) is 4.02. The molecule has 0 fully saturated rings. The lowest BCUT2D eigenvalue weighted by atomic mass is 9.98. The second-order valence-electron chi connectivity index (χ2n) is 8.50. The van der Waals surface area contributed by atoms with Crippen molar-refractivity contribution in [3.8, 4) is 11.1 Å². The maximum absolute atomic E-state index is 12.7. The second kappa shape index (κ2) is 11.0. The Labute approximate surface area is 194 Å². The van der Waals surface area contributed by atoms with Crippen LogP contribution in [0.3, 0.4) is 0 Å². The van der Waals surface area contributed by atoms with Crippen molar-refractivity contribution in [2.45, 2.75) is 38.8 Å². The second-order valence-corrected chi connectivity index (χ2v) is 8.50. The molecule has 0 radical (unpaired) electrons. The summed E-state index contributed by atoms with van der Waals surface area (Å²) in [6, 6.07) is 14.6. The lowest BCUT2D eigenvalue weighted by molar-refractivity contribution is -0.130. The van der Waals surface area contributed by atoms with Gasteiger partial charge in [0, 0.05) is 19.0 Å². The van der Waals surface area contributed by atoms with E-state index in [2.05, 4.69) is 28.1 Å². The smallest absolute Gasteiger partial charge is 0.407 e. The molecule has 0 saturated carbocycles. The number of hydrogen-bond donors (Lipinski definition) is 4. The summed E-state index contributed by atoms with van der Waals surface area (Å²) in [5, 5.41) is 7.91. The monoisotopic (exact) mass is 452 g/mol. The molecular weight excluding hydrogens is 420 g/mol. The van der Waals surface area contributed by atoms with Gasteiger partial charge in [0.05, 0.1) is 0 Å². The predicted octanol–water partition coefficient (Wildman–Crippen LogP) is 2.13. The van der Waals surface area contributed by atoms with Gasteiger partial charge in [-0.25, -0.2) is 4.79 Å². The lowest BCUT2D eigenvalue weighted by Crippen LogP contribution is -2.54. The molecule has 1 aliphatic carbocycles. The molecule has 8 nitrogen and oxygen atoms in total. The van der Waals surface area contributed by atoms with E-state index in [1.807, 2.05) is 50.2 Å². The van der Waals surface area contributed by atoms with Crippen molar-refractivity contribution in [3.63, 3.8) is 0 Å². The van der Waals surface area contributed by atoms with Gasteiger partial charge in [-0.15, -0.1) is 0 Å². The van der Waals surface area contributed by atoms with Gasteiger partial charge in [-0.05, 0) is 35.1 Å². The van der Waals surface area contributed by atoms with E-state index in [4.69, 9.17) is 10.5 Å². The highest BCUT2D eigenvalue weighted by Crippen LogP contribution is 2.44. The van der Waals surface area contributed by atoms with Gasteiger partial charge < -0.3 is 26.4 Å². The molecule has 176 valence electrons. The van der Waals surface area contributed by atoms with Gasteiger partial charge in [0.25, 0.3) is 0 Å². The number of nitrogens with one attached hydrogen (secondary N) is 3. The zero-order chi connectivity index (χ0) is 24.0. The van der Waals surface area contributed by atoms with E-state index in [1.54, 1.807) is 6.92 Å². The van der Waals surface area contributed by atoms with E-state index in [-0.39, 0.29) is 24.3 Å². The van der Waals surface area contributed by atoms with E-state index in [0.29, 0.717) is 13.1 Å². The van der Waals surface area contributed by atoms with Gasteiger partial charge in [0.2, 0.25) is 11.8 Å². The summed E-state index contributed by atoms with van der Waals surface area (Å²) in [6.07, 6.45) is -0.675. The van der Waals surface area contributed by atoms with Crippen molar-refractivity contribution in [1.82, 2.24) is 16.0 Å². The van der Waals surface area contributed by atoms with E-state index in [9.17, 15) is 14.4 Å². The van der Waals surface area contributed by atoms with Crippen LogP contribution in [0.4, 0.5) is 4.79 Å². The molecule has 2 aromatic rings. The molecule has 1 unspecified atom stereocenters. The zero-order valence-corrected chi connectivity index (χ0v) is 19.3. The van der Waals surface area contributed by atoms with Crippen molar-refractivity contribution < 1.29 is 19.1 Å². The third-order valence-corrected chi connectivity index (χ3v) is 5.76. The summed E-state index contributed by atoms with van der Waals surface area (Å²) in [4.78, 5) is 37.3. The molecule has 33 heavy (non-hydrogen) atoms. The van der Waals surface area contributed by atoms with Gasteiger partial charge >= 0.3 is 6.09 Å². The van der Waals surface area contributed by atoms with Crippen LogP contribution in [0.5, 0.6) is 0 Å². The molecule has 0 spiro atoms. The fourth-order valence-electron chi connectivity index (χ4n) is 4.02. The van der Waals surface area contributed by atoms with E-state index < -0.39 is 24.1 Å². The van der Waals surface area contributed by atoms with Crippen LogP contribution < -0.4 is 21.7 Å². The number of amides is 3. The van der Waals surface area contributed by atoms with Gasteiger partial charge in [0.1, 0.15) is 18.7 Å². The van der Waals surface area contributed by atoms with Crippen molar-refractivity contribution >= 4 is 17.9 Å². The van der Waals surface area contributed by atoms with Gasteiger partial charge in [0.15, 0.2) is 0 Å². The highest BCUT2D eigenvalue weighted by atomic mass is 16.5. The quantitative estimate of drug-likeness (QED) is 0.464. The Morgan fingerprint density at radius 3 is 2.03 bits per heavy atom. The molecule has 2 atom stereocenters. The van der Waals surface area contributed by atoms with Crippen LogP contribution in [0, 0.1) is 5.92 Å². The largest absolute Gasteiger partial charge is 0.449 e. The normalized spacial score (nSPS) is 14.1. The van der Waals surface area contributed by atoms with Crippen molar-refractivity contribution in [1.29, 1.82) is 0 Å². The average Bonchev–Trinajstić information content (AvgIpc) is 3.13. The summed E-state index contributed by atoms with van der Waals surface area (Å²) in [6.45, 7) is 5.99. The first-order valence-corrected chi connectivity index (χ1v) is 11.2. The molecular formula is C25H32N4O4. The minimum Gasteiger partial charge on any atom is -0.449 e. The third kappa shape index (κ3) is 5.70. The molecule has 0 heterocycles. The number of nitrogens with two attached hydrogens (primary N) is 1. The fraction of sp³-hybridized carbons (Fsp3) is 0.400. The van der Waals surface area contributed by atoms with Crippen LogP contribution in [0.15, 0.2) is 48.5 Å². The van der Waals surface area contributed by atoms with Gasteiger partial charge in [-0.3, -0.25) is 9.59 Å². The molecule has 0 aliphatic heterocycles. The topological polar surface area (TPSA) is 123 Å². The van der Waals surface area contributed by atoms with Crippen molar-refractivity contribution in [3.05, 3.63) is 59.7 Å². The number of ether oxygens (including phenoxy) is 1. The molecule has 0 bridgehead atoms. The number of hydrogen-bond acceptors (Lipinski definition) is 5. The van der Waals surface area contributed by atoms with Crippen LogP contribution >= 0.6 is 0 Å². The predicted molar refractivity (Wildman–Crippen MR) is 126 cm³/mol. The molecule has 5 N–H and O–H groups in total. The van der Waals surface area contributed by atoms with Crippen LogP contribution in [0.2, 0.25) is 0 Å². The number of carbonyl (C=O) groups excluding carboxylic acids is 3. The Morgan fingerprint density at radius 1 is 0.909 bits per heavy atom. The van der Waals surface area contributed by atoms with E-state index in [1.165, 1.54) is 0 Å². The first-order valence-electron chi connectivity index (χ1n) is 11.2. The first kappa shape index (κ1) is 24.3. The highest BCUT2D eigenvalue weighted by Gasteiger charge is 2.31. The number of alkyl carbamates (subject to hydrolysis) is 1. The summed E-state index contributed by atoms with van der Waals surface area (Å²) in [5.74, 6) is -1.06. The Hall–Kier alpha value is -3.39. The summed E-state index contributed by atoms with van der Waals surface area (Å²) in [7, 11) is 0. The molecule has 0 saturated heterocycles. The maximum atomic E-state index is 12.7. The molecule has 3 rings (SSSR count). The van der Waals surface area contributed by atoms with Gasteiger partial charge in [-0.1, -0.05) is 62.4 Å². The Morgan fingerprint density at radius 2 is 1.48 bits per heavy atom. The minimum absolute atomic E-state index is 0.0688. The maximum Gasteiger partial charge on any atom is 0.407 e. The molecule has 2 aromatic carbocycles. The minimum atomic E-state index is -0.842. The van der Waals surface area contributed by atoms with Crippen LogP contribution in [0.25, 0.3) is 11.1 Å². The summed E-state index contributed by atoms with van der Waals surface area (Å²) < 4.78 is 5.55. The van der Waals surface area contributed by atoms with Gasteiger partial charge in [-0.2, -0.15) is 0 Å². The zero-order valence-electron chi connectivity index (χ0n) is 19.3. The lowest BCUT2D eigenvalue weighted by Gasteiger charge is -2.24. The Bertz CT molecular complexity index is 962.